The quantitative estimate of drug-likeness (QED) is 0.134. The largest absolute Gasteiger partial charge is 0.591 e. The maximum Gasteiger partial charge on any atom is 0.260 e. The number of ketones is 2. The summed E-state index contributed by atoms with van der Waals surface area (Å²) in [5, 5.41) is 53.4. The van der Waals surface area contributed by atoms with Crippen molar-refractivity contribution in [2.75, 3.05) is 142 Å². The molecule has 0 saturated carbocycles. The Bertz CT molecular complexity index is 1630. The molecule has 0 unspecified atom stereocenters. The Labute approximate surface area is 300 Å². The number of H-pyrrole nitrogens is 1. The van der Waals surface area contributed by atoms with Gasteiger partial charge in [-0.15, -0.1) is 20.0 Å². The Balaban J connectivity index is 1.17. The normalized spacial score (nSPS) is 21.5. The topological polar surface area (TPSA) is 207 Å². The molecule has 2 aromatic rings. The second kappa shape index (κ2) is 15.8. The van der Waals surface area contributed by atoms with Crippen LogP contribution in [0.2, 0.25) is 0 Å². The van der Waals surface area contributed by atoms with Crippen LogP contribution in [0.3, 0.4) is 0 Å². The number of ether oxygens (including phenoxy) is 4. The maximum atomic E-state index is 14.5. The van der Waals surface area contributed by atoms with Crippen LogP contribution < -0.4 is 16.2 Å². The molecule has 0 bridgehead atoms. The number of rotatable bonds is 12. The first kappa shape index (κ1) is 36.8. The van der Waals surface area contributed by atoms with E-state index in [0.29, 0.717) is 105 Å². The highest BCUT2D eigenvalue weighted by molar-refractivity contribution is 6.32. The highest BCUT2D eigenvalue weighted by Gasteiger charge is 2.41. The first-order valence-corrected chi connectivity index (χ1v) is 17.9. The van der Waals surface area contributed by atoms with Gasteiger partial charge in [0.15, 0.2) is 0 Å². The number of fused-ring (bicyclic) bond motifs is 2. The van der Waals surface area contributed by atoms with Gasteiger partial charge in [0, 0.05) is 17.6 Å². The fourth-order valence-electron chi connectivity index (χ4n) is 7.65. The zero-order chi connectivity index (χ0) is 36.3. The number of hydrogen-bond acceptors (Lipinski definition) is 16. The van der Waals surface area contributed by atoms with Crippen molar-refractivity contribution in [2.45, 2.75) is 0 Å². The third-order valence-corrected chi connectivity index (χ3v) is 10.3. The summed E-state index contributed by atoms with van der Waals surface area (Å²) < 4.78 is 22.0. The summed E-state index contributed by atoms with van der Waals surface area (Å²) in [7, 11) is 0. The number of quaternary nitrogens is 2. The molecule has 0 atom stereocenters. The molecule has 19 heteroatoms. The smallest absolute Gasteiger partial charge is 0.260 e. The van der Waals surface area contributed by atoms with Gasteiger partial charge in [0.1, 0.15) is 24.4 Å². The highest BCUT2D eigenvalue weighted by atomic mass is 16.7. The van der Waals surface area contributed by atoms with Gasteiger partial charge in [0.05, 0.1) is 135 Å². The molecular formula is C33H47N9O10. The summed E-state index contributed by atoms with van der Waals surface area (Å²) in [5.74, 6) is -1.98. The Morgan fingerprint density at radius 2 is 0.942 bits per heavy atom. The van der Waals surface area contributed by atoms with Gasteiger partial charge >= 0.3 is 0 Å². The predicted molar refractivity (Wildman–Crippen MR) is 186 cm³/mol. The molecular weight excluding hydrogens is 682 g/mol. The summed E-state index contributed by atoms with van der Waals surface area (Å²) in [4.78, 5) is 42.1. The molecule has 4 saturated heterocycles. The SMILES string of the molecule is O=C1c2c(NCC[N+]([O-])(N3CCOCC3)N3CCOCC3)ccc(NCC[N+]([O-])(N3CCOCC3)N3CCOCC3)c2C(=O)c2c1c(O)c[nH]c2=O. The third kappa shape index (κ3) is 7.07. The lowest BCUT2D eigenvalue weighted by Crippen LogP contribution is -2.70. The number of nitrogens with one attached hydrogen (secondary N) is 3. The predicted octanol–water partition coefficient (Wildman–Crippen LogP) is -0.702. The van der Waals surface area contributed by atoms with Crippen molar-refractivity contribution in [3.63, 3.8) is 0 Å². The number of nitrogens with zero attached hydrogens (tertiary/aromatic N) is 6. The number of aromatic nitrogens is 1. The van der Waals surface area contributed by atoms with E-state index in [2.05, 4.69) is 15.6 Å². The van der Waals surface area contributed by atoms with E-state index in [-0.39, 0.29) is 54.2 Å². The van der Waals surface area contributed by atoms with Crippen molar-refractivity contribution < 1.29 is 43.4 Å². The minimum Gasteiger partial charge on any atom is -0.591 e. The third-order valence-electron chi connectivity index (χ3n) is 10.3. The molecule has 1 aromatic heterocycles. The number of carbonyl (C=O) groups excluding carboxylic acids is 2. The average molecular weight is 730 g/mol. The summed E-state index contributed by atoms with van der Waals surface area (Å²) in [5.41, 5.74) is -1.19. The zero-order valence-corrected chi connectivity index (χ0v) is 29.2. The molecule has 19 nitrogen and oxygen atoms in total. The van der Waals surface area contributed by atoms with E-state index >= 15 is 0 Å². The molecule has 7 rings (SSSR count). The molecule has 0 radical (unpaired) electrons. The first-order chi connectivity index (χ1) is 25.2. The van der Waals surface area contributed by atoms with Gasteiger partial charge in [-0.1, -0.05) is 0 Å². The summed E-state index contributed by atoms with van der Waals surface area (Å²) >= 11 is 0. The van der Waals surface area contributed by atoms with Gasteiger partial charge in [-0.05, 0) is 12.1 Å². The standard InChI is InChI=1S/C33H47N9O10/c43-26-23-36-33(46)30-29(26)31(44)27-24(34-3-13-41(47,37-5-15-49-16-6-37)38-7-17-50-18-8-38)1-2-25(28(27)32(30)45)35-4-14-42(48,39-9-19-51-20-10-39)40-11-21-52-22-12-40/h1-2,23,34-35,43H,3-22H2,(H,36,46). The monoisotopic (exact) mass is 729 g/mol. The van der Waals surface area contributed by atoms with Crippen molar-refractivity contribution >= 4 is 22.9 Å². The second-order valence-corrected chi connectivity index (χ2v) is 13.2. The average Bonchev–Trinajstić information content (AvgIpc) is 3.19. The molecule has 5 aliphatic rings. The number of morpholine rings is 4. The summed E-state index contributed by atoms with van der Waals surface area (Å²) in [6.45, 7) is 7.50. The number of benzene rings is 1. The molecule has 5 heterocycles. The Morgan fingerprint density at radius 1 is 0.596 bits per heavy atom. The Morgan fingerprint density at radius 3 is 1.31 bits per heavy atom. The fraction of sp³-hybridized carbons (Fsp3) is 0.606. The molecule has 1 aromatic carbocycles. The Hall–Kier alpha value is -3.57. The number of aromatic amines is 1. The van der Waals surface area contributed by atoms with Crippen LogP contribution in [0.25, 0.3) is 0 Å². The van der Waals surface area contributed by atoms with E-state index in [9.17, 15) is 29.9 Å². The molecule has 0 amide bonds. The van der Waals surface area contributed by atoms with Crippen molar-refractivity contribution in [1.82, 2.24) is 25.0 Å². The second-order valence-electron chi connectivity index (χ2n) is 13.2. The van der Waals surface area contributed by atoms with Gasteiger partial charge in [-0.3, -0.25) is 14.4 Å². The van der Waals surface area contributed by atoms with Crippen LogP contribution in [0.4, 0.5) is 11.4 Å². The van der Waals surface area contributed by atoms with E-state index < -0.39 is 38.2 Å². The van der Waals surface area contributed by atoms with Gasteiger partial charge in [-0.2, -0.15) is 9.73 Å². The van der Waals surface area contributed by atoms with Crippen LogP contribution in [-0.2, 0) is 18.9 Å². The van der Waals surface area contributed by atoms with E-state index in [1.807, 2.05) is 20.0 Å². The van der Waals surface area contributed by atoms with Crippen LogP contribution in [0.15, 0.2) is 23.1 Å². The van der Waals surface area contributed by atoms with Gasteiger partial charge in [-0.25, -0.2) is 0 Å². The molecule has 4 aliphatic heterocycles. The minimum absolute atomic E-state index is 0.0330. The summed E-state index contributed by atoms with van der Waals surface area (Å²) in [6.07, 6.45) is 0.990. The molecule has 4 N–H and O–H groups in total. The minimum atomic E-state index is -0.805. The molecule has 0 spiro atoms. The van der Waals surface area contributed by atoms with E-state index in [1.165, 1.54) is 0 Å². The zero-order valence-electron chi connectivity index (χ0n) is 29.2. The van der Waals surface area contributed by atoms with Crippen molar-refractivity contribution in [3.05, 3.63) is 61.4 Å². The summed E-state index contributed by atoms with van der Waals surface area (Å²) in [6, 6.07) is 3.26. The van der Waals surface area contributed by atoms with E-state index in [4.69, 9.17) is 18.9 Å². The molecule has 4 fully saturated rings. The number of hydroxylamine groups is 2. The highest BCUT2D eigenvalue weighted by Crippen LogP contribution is 2.38. The van der Waals surface area contributed by atoms with Crippen LogP contribution in [0, 0.1) is 10.4 Å². The van der Waals surface area contributed by atoms with Gasteiger partial charge in [0.2, 0.25) is 11.6 Å². The van der Waals surface area contributed by atoms with Crippen LogP contribution in [0.1, 0.15) is 31.8 Å². The number of pyridine rings is 1. The first-order valence-electron chi connectivity index (χ1n) is 17.9. The van der Waals surface area contributed by atoms with E-state index in [0.717, 1.165) is 6.20 Å². The van der Waals surface area contributed by atoms with Crippen molar-refractivity contribution in [1.29, 1.82) is 0 Å². The van der Waals surface area contributed by atoms with Crippen LogP contribution in [0.5, 0.6) is 5.75 Å². The lowest BCUT2D eigenvalue weighted by Gasteiger charge is -2.55. The Kier molecular flexibility index (Phi) is 11.2. The number of carbonyl (C=O) groups is 2. The van der Waals surface area contributed by atoms with Crippen LogP contribution >= 0.6 is 0 Å². The van der Waals surface area contributed by atoms with Gasteiger partial charge in [0.25, 0.3) is 5.56 Å². The van der Waals surface area contributed by atoms with Crippen LogP contribution in [-0.4, -0.2) is 183 Å². The molecule has 1 aliphatic carbocycles. The van der Waals surface area contributed by atoms with Gasteiger partial charge < -0.3 is 50.1 Å². The fourth-order valence-corrected chi connectivity index (χ4v) is 7.65. The number of anilines is 2. The van der Waals surface area contributed by atoms with Crippen molar-refractivity contribution in [3.8, 4) is 5.75 Å². The number of hydrogen-bond donors (Lipinski definition) is 4. The van der Waals surface area contributed by atoms with Crippen molar-refractivity contribution in [2.24, 2.45) is 0 Å². The lowest BCUT2D eigenvalue weighted by molar-refractivity contribution is -1.09. The number of aromatic hydroxyl groups is 1. The molecule has 284 valence electrons. The molecule has 52 heavy (non-hydrogen) atoms. The maximum absolute atomic E-state index is 14.5. The lowest BCUT2D eigenvalue weighted by atomic mass is 9.82. The van der Waals surface area contributed by atoms with E-state index in [1.54, 1.807) is 12.1 Å².